The van der Waals surface area contributed by atoms with Crippen LogP contribution < -0.4 is 9.64 Å². The molecule has 2 aromatic heterocycles. The van der Waals surface area contributed by atoms with Gasteiger partial charge in [-0.2, -0.15) is 0 Å². The maximum atomic E-state index is 13.1. The van der Waals surface area contributed by atoms with Gasteiger partial charge in [0.2, 0.25) is 6.35 Å². The normalized spacial score (nSPS) is 21.2. The Hall–Kier alpha value is -2.46. The molecule has 1 saturated heterocycles. The standard InChI is InChI=1S/C21H25ClN4O5/c1-25-19-17(10-16(13-24-19)31-15-9-14(22)11-23-12-15)20(27)26(21(25)28)6-4-8-30-18-5-2-3-7-29-18/h9-13,18,21,28H,2-8H2,1H3. The zero-order valence-electron chi connectivity index (χ0n) is 17.2. The number of nitrogens with zero attached hydrogens (tertiary/aromatic N) is 4. The van der Waals surface area contributed by atoms with Gasteiger partial charge in [-0.15, -0.1) is 0 Å². The summed E-state index contributed by atoms with van der Waals surface area (Å²) in [6.45, 7) is 1.50. The molecule has 31 heavy (non-hydrogen) atoms. The Morgan fingerprint density at radius 3 is 2.87 bits per heavy atom. The van der Waals surface area contributed by atoms with Crippen molar-refractivity contribution < 1.29 is 24.1 Å². The Labute approximate surface area is 185 Å². The first-order valence-electron chi connectivity index (χ1n) is 10.3. The van der Waals surface area contributed by atoms with Gasteiger partial charge in [0, 0.05) is 32.5 Å². The van der Waals surface area contributed by atoms with Crippen LogP contribution in [-0.4, -0.2) is 65.3 Å². The summed E-state index contributed by atoms with van der Waals surface area (Å²) >= 11 is 5.94. The lowest BCUT2D eigenvalue weighted by Gasteiger charge is -2.39. The van der Waals surface area contributed by atoms with E-state index < -0.39 is 6.35 Å². The van der Waals surface area contributed by atoms with Gasteiger partial charge >= 0.3 is 0 Å². The van der Waals surface area contributed by atoms with Gasteiger partial charge in [0.25, 0.3) is 5.91 Å². The second-order valence-electron chi connectivity index (χ2n) is 7.46. The van der Waals surface area contributed by atoms with Crippen LogP contribution in [0, 0.1) is 0 Å². The number of carbonyl (C=O) groups excluding carboxylic acids is 1. The lowest BCUT2D eigenvalue weighted by molar-refractivity contribution is -0.163. The van der Waals surface area contributed by atoms with Gasteiger partial charge in [-0.1, -0.05) is 11.6 Å². The third kappa shape index (κ3) is 5.07. The maximum absolute atomic E-state index is 13.1. The molecular weight excluding hydrogens is 424 g/mol. The number of amides is 1. The summed E-state index contributed by atoms with van der Waals surface area (Å²) in [4.78, 5) is 24.3. The topological polar surface area (TPSA) is 97.3 Å². The number of aliphatic hydroxyl groups is 1. The molecule has 2 unspecified atom stereocenters. The lowest BCUT2D eigenvalue weighted by atomic mass is 10.1. The molecule has 1 N–H and O–H groups in total. The van der Waals surface area contributed by atoms with Crippen molar-refractivity contribution in [3.05, 3.63) is 41.3 Å². The van der Waals surface area contributed by atoms with Crippen LogP contribution >= 0.6 is 11.6 Å². The molecule has 0 spiro atoms. The molecule has 9 nitrogen and oxygen atoms in total. The molecule has 2 aliphatic heterocycles. The summed E-state index contributed by atoms with van der Waals surface area (Å²) in [5.41, 5.74) is 0.344. The number of hydrogen-bond donors (Lipinski definition) is 1. The average molecular weight is 449 g/mol. The van der Waals surface area contributed by atoms with Crippen LogP contribution in [0.3, 0.4) is 0 Å². The number of ether oxygens (including phenoxy) is 3. The highest BCUT2D eigenvalue weighted by molar-refractivity contribution is 6.30. The van der Waals surface area contributed by atoms with E-state index in [9.17, 15) is 9.90 Å². The minimum Gasteiger partial charge on any atom is -0.454 e. The molecule has 4 heterocycles. The van der Waals surface area contributed by atoms with Gasteiger partial charge < -0.3 is 24.2 Å². The van der Waals surface area contributed by atoms with Gasteiger partial charge in [0.05, 0.1) is 29.6 Å². The van der Waals surface area contributed by atoms with Crippen LogP contribution in [0.15, 0.2) is 30.7 Å². The van der Waals surface area contributed by atoms with Crippen molar-refractivity contribution in [1.29, 1.82) is 0 Å². The summed E-state index contributed by atoms with van der Waals surface area (Å²) < 4.78 is 17.0. The van der Waals surface area contributed by atoms with Crippen LogP contribution in [0.2, 0.25) is 5.02 Å². The van der Waals surface area contributed by atoms with Crippen LogP contribution in [0.5, 0.6) is 11.5 Å². The Kier molecular flexibility index (Phi) is 6.86. The van der Waals surface area contributed by atoms with Crippen LogP contribution in [-0.2, 0) is 9.47 Å². The lowest BCUT2D eigenvalue weighted by Crippen LogP contribution is -2.54. The minimum atomic E-state index is -1.11. The number of rotatable bonds is 7. The molecule has 0 aromatic carbocycles. The molecule has 0 bridgehead atoms. The number of halogens is 1. The highest BCUT2D eigenvalue weighted by Gasteiger charge is 2.35. The van der Waals surface area contributed by atoms with Gasteiger partial charge in [-0.3, -0.25) is 14.7 Å². The van der Waals surface area contributed by atoms with E-state index in [2.05, 4.69) is 9.97 Å². The average Bonchev–Trinajstić information content (AvgIpc) is 2.78. The van der Waals surface area contributed by atoms with Crippen LogP contribution in [0.25, 0.3) is 0 Å². The largest absolute Gasteiger partial charge is 0.454 e. The number of hydrogen-bond acceptors (Lipinski definition) is 8. The number of pyridine rings is 2. The Bertz CT molecular complexity index is 924. The van der Waals surface area contributed by atoms with Crippen LogP contribution in [0.4, 0.5) is 5.82 Å². The summed E-state index contributed by atoms with van der Waals surface area (Å²) in [5, 5.41) is 11.0. The van der Waals surface area contributed by atoms with E-state index in [-0.39, 0.29) is 12.2 Å². The number of aromatic nitrogens is 2. The zero-order chi connectivity index (χ0) is 21.8. The Balaban J connectivity index is 1.42. The predicted octanol–water partition coefficient (Wildman–Crippen LogP) is 3.02. The van der Waals surface area contributed by atoms with Crippen molar-refractivity contribution in [2.24, 2.45) is 0 Å². The molecule has 10 heteroatoms. The molecule has 4 rings (SSSR count). The first kappa shape index (κ1) is 21.8. The molecule has 1 amide bonds. The fourth-order valence-corrected chi connectivity index (χ4v) is 3.77. The van der Waals surface area contributed by atoms with Gasteiger partial charge in [-0.05, 0) is 31.7 Å². The third-order valence-electron chi connectivity index (χ3n) is 5.19. The summed E-state index contributed by atoms with van der Waals surface area (Å²) in [7, 11) is 1.68. The molecular formula is C21H25ClN4O5. The molecule has 2 aliphatic rings. The summed E-state index contributed by atoms with van der Waals surface area (Å²) in [6, 6.07) is 3.22. The number of carbonyl (C=O) groups is 1. The molecule has 1 fully saturated rings. The number of fused-ring (bicyclic) bond motifs is 1. The van der Waals surface area contributed by atoms with Crippen molar-refractivity contribution >= 4 is 23.3 Å². The second-order valence-corrected chi connectivity index (χ2v) is 7.90. The quantitative estimate of drug-likeness (QED) is 0.645. The Morgan fingerprint density at radius 2 is 2.10 bits per heavy atom. The second kappa shape index (κ2) is 9.78. The van der Waals surface area contributed by atoms with E-state index in [0.29, 0.717) is 47.5 Å². The van der Waals surface area contributed by atoms with Crippen molar-refractivity contribution in [1.82, 2.24) is 14.9 Å². The monoisotopic (exact) mass is 448 g/mol. The summed E-state index contributed by atoms with van der Waals surface area (Å²) in [5.74, 6) is 0.873. The SMILES string of the molecule is CN1c2ncc(Oc3cncc(Cl)c3)cc2C(=O)N(CCCOC2CCCCO2)C1O. The molecule has 0 aliphatic carbocycles. The third-order valence-corrected chi connectivity index (χ3v) is 5.40. The zero-order valence-corrected chi connectivity index (χ0v) is 18.0. The van der Waals surface area contributed by atoms with E-state index in [1.807, 2.05) is 0 Å². The van der Waals surface area contributed by atoms with Crippen molar-refractivity contribution in [2.45, 2.75) is 38.3 Å². The maximum Gasteiger partial charge on any atom is 0.261 e. The van der Waals surface area contributed by atoms with Crippen LogP contribution in [0.1, 0.15) is 36.0 Å². The molecule has 0 saturated carbocycles. The van der Waals surface area contributed by atoms with Gasteiger partial charge in [-0.25, -0.2) is 4.98 Å². The smallest absolute Gasteiger partial charge is 0.261 e. The molecule has 2 aromatic rings. The van der Waals surface area contributed by atoms with Crippen molar-refractivity contribution in [3.8, 4) is 11.5 Å². The van der Waals surface area contributed by atoms with E-state index >= 15 is 0 Å². The van der Waals surface area contributed by atoms with E-state index in [0.717, 1.165) is 25.9 Å². The van der Waals surface area contributed by atoms with E-state index in [1.54, 1.807) is 24.1 Å². The number of aliphatic hydroxyl groups excluding tert-OH is 1. The molecule has 2 atom stereocenters. The fourth-order valence-electron chi connectivity index (χ4n) is 3.60. The highest BCUT2D eigenvalue weighted by Crippen LogP contribution is 2.32. The van der Waals surface area contributed by atoms with Crippen molar-refractivity contribution in [3.63, 3.8) is 0 Å². The number of anilines is 1. The van der Waals surface area contributed by atoms with E-state index in [1.165, 1.54) is 23.5 Å². The molecule has 166 valence electrons. The predicted molar refractivity (Wildman–Crippen MR) is 113 cm³/mol. The molecule has 0 radical (unpaired) electrons. The first-order valence-corrected chi connectivity index (χ1v) is 10.6. The van der Waals surface area contributed by atoms with Gasteiger partial charge in [0.15, 0.2) is 6.29 Å². The Morgan fingerprint density at radius 1 is 1.26 bits per heavy atom. The van der Waals surface area contributed by atoms with E-state index in [4.69, 9.17) is 25.8 Å². The first-order chi connectivity index (χ1) is 15.0. The fraction of sp³-hybridized carbons (Fsp3) is 0.476. The minimum absolute atomic E-state index is 0.177. The van der Waals surface area contributed by atoms with Crippen molar-refractivity contribution in [2.75, 3.05) is 31.7 Å². The summed E-state index contributed by atoms with van der Waals surface area (Å²) in [6.07, 6.45) is 6.84. The van der Waals surface area contributed by atoms with Gasteiger partial charge in [0.1, 0.15) is 17.3 Å². The highest BCUT2D eigenvalue weighted by atomic mass is 35.5.